The van der Waals surface area contributed by atoms with Crippen LogP contribution in [0, 0.1) is 0 Å². The summed E-state index contributed by atoms with van der Waals surface area (Å²) >= 11 is 1.25. The Balaban J connectivity index is 2.73. The summed E-state index contributed by atoms with van der Waals surface area (Å²) < 4.78 is 1.76. The summed E-state index contributed by atoms with van der Waals surface area (Å²) in [4.78, 5) is 10.9. The highest BCUT2D eigenvalue weighted by Gasteiger charge is 2.13. The first-order valence-corrected chi connectivity index (χ1v) is 5.37. The van der Waals surface area contributed by atoms with Crippen molar-refractivity contribution in [3.63, 3.8) is 0 Å². The lowest BCUT2D eigenvalue weighted by molar-refractivity contribution is -0.118. The van der Waals surface area contributed by atoms with Gasteiger partial charge in [-0.15, -0.1) is 10.2 Å². The molecular formula is C7H14N6OS. The highest BCUT2D eigenvalue weighted by Crippen LogP contribution is 2.21. The fourth-order valence-electron chi connectivity index (χ4n) is 1.04. The lowest BCUT2D eigenvalue weighted by atomic mass is 10.4. The van der Waals surface area contributed by atoms with Gasteiger partial charge in [0.1, 0.15) is 0 Å². The lowest BCUT2D eigenvalue weighted by Crippen LogP contribution is -2.31. The minimum atomic E-state index is -0.267. The molecule has 0 aliphatic carbocycles. The molecule has 0 atom stereocenters. The van der Waals surface area contributed by atoms with E-state index in [4.69, 9.17) is 11.6 Å². The molecular weight excluding hydrogens is 216 g/mol. The first kappa shape index (κ1) is 11.8. The normalized spacial score (nSPS) is 10.7. The Hall–Kier alpha value is -1.28. The SMILES string of the molecule is CC(C)n1c(N)nnc1SCC(=O)NN. The van der Waals surface area contributed by atoms with Gasteiger partial charge in [-0.1, -0.05) is 11.8 Å². The van der Waals surface area contributed by atoms with Crippen molar-refractivity contribution in [2.24, 2.45) is 5.84 Å². The molecule has 5 N–H and O–H groups in total. The summed E-state index contributed by atoms with van der Waals surface area (Å²) in [5.41, 5.74) is 7.67. The monoisotopic (exact) mass is 230 g/mol. The molecule has 0 bridgehead atoms. The Morgan fingerprint density at radius 3 is 2.80 bits per heavy atom. The van der Waals surface area contributed by atoms with Crippen LogP contribution in [0.3, 0.4) is 0 Å². The van der Waals surface area contributed by atoms with Gasteiger partial charge in [0.25, 0.3) is 0 Å². The van der Waals surface area contributed by atoms with Crippen LogP contribution in [-0.2, 0) is 4.79 Å². The highest BCUT2D eigenvalue weighted by molar-refractivity contribution is 7.99. The van der Waals surface area contributed by atoms with Crippen molar-refractivity contribution in [3.05, 3.63) is 0 Å². The topological polar surface area (TPSA) is 112 Å². The molecule has 0 saturated heterocycles. The summed E-state index contributed by atoms with van der Waals surface area (Å²) in [7, 11) is 0. The van der Waals surface area contributed by atoms with Gasteiger partial charge in [-0.3, -0.25) is 14.8 Å². The highest BCUT2D eigenvalue weighted by atomic mass is 32.2. The molecule has 0 aromatic carbocycles. The van der Waals surface area contributed by atoms with Crippen molar-refractivity contribution in [1.29, 1.82) is 0 Å². The summed E-state index contributed by atoms with van der Waals surface area (Å²) in [5.74, 6) is 5.24. The van der Waals surface area contributed by atoms with Crippen LogP contribution in [-0.4, -0.2) is 26.4 Å². The Kier molecular flexibility index (Phi) is 3.92. The van der Waals surface area contributed by atoms with Gasteiger partial charge in [-0.05, 0) is 13.8 Å². The van der Waals surface area contributed by atoms with Gasteiger partial charge in [-0.2, -0.15) is 0 Å². The van der Waals surface area contributed by atoms with E-state index in [1.807, 2.05) is 19.3 Å². The van der Waals surface area contributed by atoms with E-state index < -0.39 is 0 Å². The number of amides is 1. The average molecular weight is 230 g/mol. The van der Waals surface area contributed by atoms with Gasteiger partial charge in [-0.25, -0.2) is 5.84 Å². The predicted molar refractivity (Wildman–Crippen MR) is 57.9 cm³/mol. The average Bonchev–Trinajstić information content (AvgIpc) is 2.56. The predicted octanol–water partition coefficient (Wildman–Crippen LogP) is -0.477. The minimum Gasteiger partial charge on any atom is -0.368 e. The lowest BCUT2D eigenvalue weighted by Gasteiger charge is -2.10. The number of hydrogen-bond donors (Lipinski definition) is 3. The summed E-state index contributed by atoms with van der Waals surface area (Å²) in [6, 6.07) is 0.156. The van der Waals surface area contributed by atoms with Crippen molar-refractivity contribution in [3.8, 4) is 0 Å². The number of nitrogen functional groups attached to an aromatic ring is 1. The van der Waals surface area contributed by atoms with E-state index in [0.717, 1.165) is 0 Å². The van der Waals surface area contributed by atoms with E-state index in [-0.39, 0.29) is 17.7 Å². The van der Waals surface area contributed by atoms with Crippen LogP contribution < -0.4 is 17.0 Å². The zero-order valence-corrected chi connectivity index (χ0v) is 9.41. The Morgan fingerprint density at radius 2 is 2.27 bits per heavy atom. The van der Waals surface area contributed by atoms with E-state index >= 15 is 0 Å². The fraction of sp³-hybridized carbons (Fsp3) is 0.571. The number of hydrazine groups is 1. The van der Waals surface area contributed by atoms with Crippen LogP contribution in [0.4, 0.5) is 5.95 Å². The first-order valence-electron chi connectivity index (χ1n) is 4.39. The number of carbonyl (C=O) groups is 1. The third-order valence-corrected chi connectivity index (χ3v) is 2.64. The second kappa shape index (κ2) is 4.99. The molecule has 0 saturated carbocycles. The zero-order valence-electron chi connectivity index (χ0n) is 8.60. The molecule has 0 aliphatic heterocycles. The standard InChI is InChI=1S/C7H14N6OS/c1-4(2)13-6(8)11-12-7(13)15-3-5(14)10-9/h4H,3,9H2,1-2H3,(H2,8,11)(H,10,14). The second-order valence-corrected chi connectivity index (χ2v) is 4.10. The number of nitrogens with one attached hydrogen (secondary N) is 1. The fourth-order valence-corrected chi connectivity index (χ4v) is 1.93. The maximum absolute atomic E-state index is 10.9. The van der Waals surface area contributed by atoms with E-state index in [0.29, 0.717) is 11.1 Å². The molecule has 0 aliphatic rings. The molecule has 84 valence electrons. The molecule has 7 nitrogen and oxygen atoms in total. The molecule has 8 heteroatoms. The molecule has 1 aromatic rings. The maximum atomic E-state index is 10.9. The van der Waals surface area contributed by atoms with Crippen molar-refractivity contribution >= 4 is 23.6 Å². The number of anilines is 1. The summed E-state index contributed by atoms with van der Waals surface area (Å²) in [5, 5.41) is 8.24. The van der Waals surface area contributed by atoms with Gasteiger partial charge in [0.2, 0.25) is 11.9 Å². The Bertz CT molecular complexity index is 349. The number of hydrogen-bond acceptors (Lipinski definition) is 6. The van der Waals surface area contributed by atoms with Crippen LogP contribution in [0.5, 0.6) is 0 Å². The molecule has 15 heavy (non-hydrogen) atoms. The third kappa shape index (κ3) is 2.83. The first-order chi connectivity index (χ1) is 7.06. The van der Waals surface area contributed by atoms with Crippen LogP contribution in [0.15, 0.2) is 5.16 Å². The molecule has 0 unspecified atom stereocenters. The molecule has 1 heterocycles. The molecule has 0 spiro atoms. The van der Waals surface area contributed by atoms with Crippen molar-refractivity contribution < 1.29 is 4.79 Å². The zero-order chi connectivity index (χ0) is 11.4. The second-order valence-electron chi connectivity index (χ2n) is 3.16. The van der Waals surface area contributed by atoms with Crippen molar-refractivity contribution in [1.82, 2.24) is 20.2 Å². The molecule has 1 amide bonds. The van der Waals surface area contributed by atoms with Gasteiger partial charge in [0, 0.05) is 6.04 Å². The summed E-state index contributed by atoms with van der Waals surface area (Å²) in [6.45, 7) is 3.93. The Labute approximate surface area is 91.6 Å². The van der Waals surface area contributed by atoms with Gasteiger partial charge >= 0.3 is 0 Å². The largest absolute Gasteiger partial charge is 0.368 e. The number of rotatable bonds is 4. The quantitative estimate of drug-likeness (QED) is 0.279. The molecule has 0 radical (unpaired) electrons. The van der Waals surface area contributed by atoms with E-state index in [2.05, 4.69) is 10.2 Å². The van der Waals surface area contributed by atoms with E-state index in [9.17, 15) is 4.79 Å². The number of aromatic nitrogens is 3. The smallest absolute Gasteiger partial charge is 0.244 e. The van der Waals surface area contributed by atoms with Crippen LogP contribution >= 0.6 is 11.8 Å². The van der Waals surface area contributed by atoms with Crippen molar-refractivity contribution in [2.75, 3.05) is 11.5 Å². The van der Waals surface area contributed by atoms with Crippen LogP contribution in [0.1, 0.15) is 19.9 Å². The summed E-state index contributed by atoms with van der Waals surface area (Å²) in [6.07, 6.45) is 0. The number of thioether (sulfide) groups is 1. The van der Waals surface area contributed by atoms with Crippen LogP contribution in [0.2, 0.25) is 0 Å². The van der Waals surface area contributed by atoms with Crippen molar-refractivity contribution in [2.45, 2.75) is 25.0 Å². The van der Waals surface area contributed by atoms with Gasteiger partial charge < -0.3 is 5.73 Å². The van der Waals surface area contributed by atoms with E-state index in [1.165, 1.54) is 11.8 Å². The van der Waals surface area contributed by atoms with Gasteiger partial charge in [0.15, 0.2) is 5.16 Å². The molecule has 1 aromatic heterocycles. The number of carbonyl (C=O) groups excluding carboxylic acids is 1. The number of nitrogens with zero attached hydrogens (tertiary/aromatic N) is 3. The van der Waals surface area contributed by atoms with Gasteiger partial charge in [0.05, 0.1) is 5.75 Å². The number of nitrogens with two attached hydrogens (primary N) is 2. The molecule has 0 fully saturated rings. The van der Waals surface area contributed by atoms with E-state index in [1.54, 1.807) is 4.57 Å². The minimum absolute atomic E-state index is 0.156. The maximum Gasteiger partial charge on any atom is 0.244 e. The Morgan fingerprint density at radius 1 is 1.60 bits per heavy atom. The van der Waals surface area contributed by atoms with Crippen LogP contribution in [0.25, 0.3) is 0 Å². The third-order valence-electron chi connectivity index (χ3n) is 1.70. The molecule has 1 rings (SSSR count).